The molecule has 1 aromatic heterocycles. The summed E-state index contributed by atoms with van der Waals surface area (Å²) in [5, 5.41) is 13.8. The second-order valence-corrected chi connectivity index (χ2v) is 14.3. The quantitative estimate of drug-likeness (QED) is 0.396. The topological polar surface area (TPSA) is 165 Å². The summed E-state index contributed by atoms with van der Waals surface area (Å²) in [5.41, 5.74) is 0.589. The lowest BCUT2D eigenvalue weighted by molar-refractivity contribution is -0.110. The van der Waals surface area contributed by atoms with E-state index >= 15 is 0 Å². The molecule has 0 radical (unpaired) electrons. The monoisotopic (exact) mass is 598 g/mol. The zero-order chi connectivity index (χ0) is 29.5. The average molecular weight is 599 g/mol. The fourth-order valence-electron chi connectivity index (χ4n) is 5.32. The van der Waals surface area contributed by atoms with Crippen molar-refractivity contribution in [2.75, 3.05) is 32.7 Å². The third-order valence-corrected chi connectivity index (χ3v) is 8.74. The molecule has 1 unspecified atom stereocenters. The summed E-state index contributed by atoms with van der Waals surface area (Å²) in [6, 6.07) is 9.13. The van der Waals surface area contributed by atoms with Crippen molar-refractivity contribution < 1.29 is 40.5 Å². The zero-order valence-corrected chi connectivity index (χ0v) is 24.4. The number of hydrogen-bond acceptors (Lipinski definition) is 9. The minimum absolute atomic E-state index is 0.0509. The van der Waals surface area contributed by atoms with Gasteiger partial charge in [0.05, 0.1) is 44.1 Å². The highest BCUT2D eigenvalue weighted by atomic mass is 32.2. The Kier molecular flexibility index (Phi) is 8.32. The summed E-state index contributed by atoms with van der Waals surface area (Å²) in [7, 11) is -6.28. The Bertz CT molecular complexity index is 1480. The molecule has 2 aromatic rings. The minimum Gasteiger partial charge on any atom is -0.465 e. The highest BCUT2D eigenvalue weighted by Crippen LogP contribution is 2.44. The molecule has 4 rings (SSSR count). The molecule has 2 heterocycles. The van der Waals surface area contributed by atoms with Gasteiger partial charge in [-0.05, 0) is 25.3 Å². The first-order valence-corrected chi connectivity index (χ1v) is 16.3. The second kappa shape index (κ2) is 11.1. The van der Waals surface area contributed by atoms with E-state index < -0.39 is 43.6 Å². The molecule has 1 aliphatic carbocycles. The molecule has 1 aromatic carbocycles. The summed E-state index contributed by atoms with van der Waals surface area (Å²) in [6.07, 6.45) is 1.48. The number of ether oxygens (including phenoxy) is 1. The van der Waals surface area contributed by atoms with Gasteiger partial charge in [-0.25, -0.2) is 13.2 Å². The predicted molar refractivity (Wildman–Crippen MR) is 144 cm³/mol. The van der Waals surface area contributed by atoms with E-state index in [4.69, 9.17) is 8.92 Å². The van der Waals surface area contributed by atoms with Crippen LogP contribution in [-0.4, -0.2) is 97.8 Å². The maximum Gasteiger partial charge on any atom is 0.407 e. The molecule has 0 saturated heterocycles. The van der Waals surface area contributed by atoms with Gasteiger partial charge in [0.2, 0.25) is 0 Å². The van der Waals surface area contributed by atoms with Crippen molar-refractivity contribution in [3.63, 3.8) is 0 Å². The Morgan fingerprint density at radius 2 is 1.80 bits per heavy atom. The number of carboxylic acid groups (broad SMARTS) is 1. The van der Waals surface area contributed by atoms with Gasteiger partial charge in [0.1, 0.15) is 5.69 Å². The Hall–Kier alpha value is -3.01. The molecule has 0 bridgehead atoms. The van der Waals surface area contributed by atoms with Crippen molar-refractivity contribution in [2.24, 2.45) is 5.41 Å². The number of carbonyl (C=O) groups is 2. The number of aromatic nitrogens is 2. The first kappa shape index (κ1) is 30.0. The molecule has 2 amide bonds. The normalized spacial score (nSPS) is 22.9. The fraction of sp³-hybridized carbons (Fsp3) is 0.560. The van der Waals surface area contributed by atoms with Gasteiger partial charge in [0.25, 0.3) is 26.0 Å². The summed E-state index contributed by atoms with van der Waals surface area (Å²) in [6.45, 7) is 1.75. The van der Waals surface area contributed by atoms with Gasteiger partial charge in [-0.15, -0.1) is 0 Å². The molecular formula is C25H34N4O9S2. The van der Waals surface area contributed by atoms with Crippen LogP contribution in [0.1, 0.15) is 47.1 Å². The number of benzene rings is 1. The molecule has 0 spiro atoms. The number of fused-ring (bicyclic) bond motifs is 1. The largest absolute Gasteiger partial charge is 0.465 e. The molecule has 2 aliphatic rings. The Morgan fingerprint density at radius 3 is 2.38 bits per heavy atom. The first-order chi connectivity index (χ1) is 18.6. The summed E-state index contributed by atoms with van der Waals surface area (Å²) < 4.78 is 60.5. The molecule has 15 heteroatoms. The van der Waals surface area contributed by atoms with Gasteiger partial charge < -0.3 is 19.6 Å². The first-order valence-electron chi connectivity index (χ1n) is 12.6. The van der Waals surface area contributed by atoms with E-state index in [0.29, 0.717) is 29.2 Å². The molecule has 1 atom stereocenters. The van der Waals surface area contributed by atoms with Crippen LogP contribution in [0.4, 0.5) is 4.79 Å². The molecular weight excluding hydrogens is 564 g/mol. The molecule has 40 heavy (non-hydrogen) atoms. The minimum atomic E-state index is -4.00. The summed E-state index contributed by atoms with van der Waals surface area (Å²) >= 11 is 0. The van der Waals surface area contributed by atoms with Gasteiger partial charge in [0.15, 0.2) is 0 Å². The van der Waals surface area contributed by atoms with Crippen LogP contribution in [0.5, 0.6) is 0 Å². The number of nitrogens with zero attached hydrogens (tertiary/aromatic N) is 4. The van der Waals surface area contributed by atoms with E-state index in [1.54, 1.807) is 6.92 Å². The maximum atomic E-state index is 13.8. The Balaban J connectivity index is 1.56. The number of rotatable bonds is 10. The Morgan fingerprint density at radius 1 is 1.15 bits per heavy atom. The van der Waals surface area contributed by atoms with Crippen LogP contribution in [0.15, 0.2) is 30.3 Å². The molecule has 1 aliphatic heterocycles. The molecule has 1 N–H and O–H groups in total. The number of carbonyl (C=O) groups excluding carboxylic acids is 1. The van der Waals surface area contributed by atoms with Gasteiger partial charge >= 0.3 is 6.09 Å². The maximum absolute atomic E-state index is 13.8. The van der Waals surface area contributed by atoms with Crippen LogP contribution in [0.3, 0.4) is 0 Å². The number of amides is 2. The van der Waals surface area contributed by atoms with E-state index in [1.807, 2.05) is 30.3 Å². The van der Waals surface area contributed by atoms with Crippen molar-refractivity contribution in [3.05, 3.63) is 52.8 Å². The summed E-state index contributed by atoms with van der Waals surface area (Å²) in [4.78, 5) is 28.0. The molecule has 13 nitrogen and oxygen atoms in total. The van der Waals surface area contributed by atoms with Crippen LogP contribution in [-0.2, 0) is 48.6 Å². The average Bonchev–Trinajstić information content (AvgIpc) is 3.22. The third-order valence-electron chi connectivity index (χ3n) is 7.30. The molecule has 220 valence electrons. The highest BCUT2D eigenvalue weighted by molar-refractivity contribution is 7.89. The van der Waals surface area contributed by atoms with Crippen molar-refractivity contribution in [1.82, 2.24) is 19.0 Å². The Labute approximate surface area is 233 Å². The second-order valence-electron chi connectivity index (χ2n) is 10.8. The third kappa shape index (κ3) is 6.65. The van der Waals surface area contributed by atoms with Gasteiger partial charge in [-0.2, -0.15) is 17.6 Å². The SMILES string of the molecule is CC1Cc2nn(S(C)(=O)=O)c(C(=O)N(C)CC3(COS(C)(=O)=O)CC(OCc4ccccc4)C3)c2CN1C(=O)O. The van der Waals surface area contributed by atoms with Crippen LogP contribution >= 0.6 is 0 Å². The van der Waals surface area contributed by atoms with Crippen LogP contribution in [0, 0.1) is 5.41 Å². The van der Waals surface area contributed by atoms with Crippen molar-refractivity contribution in [1.29, 1.82) is 0 Å². The zero-order valence-electron chi connectivity index (χ0n) is 22.8. The summed E-state index contributed by atoms with van der Waals surface area (Å²) in [5.74, 6) is -0.675. The van der Waals surface area contributed by atoms with E-state index in [0.717, 1.165) is 23.0 Å². The van der Waals surface area contributed by atoms with Crippen LogP contribution < -0.4 is 0 Å². The predicted octanol–water partition coefficient (Wildman–Crippen LogP) is 1.53. The van der Waals surface area contributed by atoms with Crippen molar-refractivity contribution >= 4 is 32.1 Å². The molecule has 1 fully saturated rings. The smallest absolute Gasteiger partial charge is 0.407 e. The van der Waals surface area contributed by atoms with E-state index in [9.17, 15) is 31.5 Å². The lowest BCUT2D eigenvalue weighted by atomic mass is 9.67. The van der Waals surface area contributed by atoms with E-state index in [2.05, 4.69) is 5.10 Å². The molecule has 1 saturated carbocycles. The van der Waals surface area contributed by atoms with Gasteiger partial charge in [0, 0.05) is 37.0 Å². The van der Waals surface area contributed by atoms with E-state index in [-0.39, 0.29) is 43.5 Å². The lowest BCUT2D eigenvalue weighted by Crippen LogP contribution is -2.53. The van der Waals surface area contributed by atoms with Crippen molar-refractivity contribution in [2.45, 2.75) is 51.5 Å². The highest BCUT2D eigenvalue weighted by Gasteiger charge is 2.48. The van der Waals surface area contributed by atoms with Crippen LogP contribution in [0.2, 0.25) is 0 Å². The fourth-order valence-corrected chi connectivity index (χ4v) is 6.55. The standard InChI is InChI=1S/C25H34N4O9S2/c1-17-10-21-20(13-28(17)24(31)32)22(29(26-21)39(3,33)34)23(30)27(2)15-25(16-38-40(4,35)36)11-19(12-25)37-14-18-8-6-5-7-9-18/h5-9,17,19H,10-16H2,1-4H3,(H,31,32). The number of hydrogen-bond donors (Lipinski definition) is 1. The van der Waals surface area contributed by atoms with Crippen molar-refractivity contribution in [3.8, 4) is 0 Å². The van der Waals surface area contributed by atoms with Crippen LogP contribution in [0.25, 0.3) is 0 Å². The van der Waals surface area contributed by atoms with Gasteiger partial charge in [-0.3, -0.25) is 8.98 Å². The van der Waals surface area contributed by atoms with E-state index in [1.165, 1.54) is 11.9 Å². The lowest BCUT2D eigenvalue weighted by Gasteiger charge is -2.48. The van der Waals surface area contributed by atoms with Gasteiger partial charge in [-0.1, -0.05) is 30.3 Å².